The van der Waals surface area contributed by atoms with E-state index in [-0.39, 0.29) is 17.3 Å². The summed E-state index contributed by atoms with van der Waals surface area (Å²) in [5.74, 6) is -0.562. The predicted octanol–water partition coefficient (Wildman–Crippen LogP) is 2.84. The topological polar surface area (TPSA) is 169 Å². The first-order valence-electron chi connectivity index (χ1n) is 8.85. The molecule has 0 saturated heterocycles. The summed E-state index contributed by atoms with van der Waals surface area (Å²) >= 11 is 0. The van der Waals surface area contributed by atoms with Gasteiger partial charge in [-0.25, -0.2) is 9.48 Å². The van der Waals surface area contributed by atoms with Crippen LogP contribution in [0.2, 0.25) is 0 Å². The molecule has 166 valence electrons. The van der Waals surface area contributed by atoms with Crippen LogP contribution in [0.5, 0.6) is 17.4 Å². The number of carboxylic acids is 1. The van der Waals surface area contributed by atoms with Crippen molar-refractivity contribution in [1.82, 2.24) is 9.78 Å². The van der Waals surface area contributed by atoms with Crippen molar-refractivity contribution in [2.24, 2.45) is 0 Å². The van der Waals surface area contributed by atoms with Gasteiger partial charge in [0.2, 0.25) is 5.88 Å². The molecule has 0 aliphatic carbocycles. The molecule has 13 heteroatoms. The van der Waals surface area contributed by atoms with Crippen molar-refractivity contribution in [1.29, 1.82) is 0 Å². The fourth-order valence-electron chi connectivity index (χ4n) is 2.90. The molecule has 13 nitrogen and oxygen atoms in total. The van der Waals surface area contributed by atoms with E-state index in [0.29, 0.717) is 17.1 Å². The van der Waals surface area contributed by atoms with E-state index < -0.39 is 33.8 Å². The Hall–Kier alpha value is -4.68. The SMILES string of the molecule is COc1ccc(-c2cc(OCC(=O)O)nn2-c2ccc([N+](=O)[O-])cc2[N+](=O)[O-])cc1OC. The summed E-state index contributed by atoms with van der Waals surface area (Å²) in [4.78, 5) is 32.0. The van der Waals surface area contributed by atoms with Crippen molar-refractivity contribution < 1.29 is 34.0 Å². The summed E-state index contributed by atoms with van der Waals surface area (Å²) in [5.41, 5.74) is -0.372. The number of nitrogens with zero attached hydrogens (tertiary/aromatic N) is 4. The van der Waals surface area contributed by atoms with Crippen molar-refractivity contribution in [3.05, 3.63) is 62.7 Å². The minimum Gasteiger partial charge on any atom is -0.493 e. The Bertz CT molecular complexity index is 1210. The number of nitro benzene ring substituents is 2. The Kier molecular flexibility index (Phi) is 6.19. The molecule has 0 aliphatic rings. The van der Waals surface area contributed by atoms with Gasteiger partial charge in [-0.2, -0.15) is 0 Å². The van der Waals surface area contributed by atoms with Gasteiger partial charge in [0, 0.05) is 17.7 Å². The van der Waals surface area contributed by atoms with Crippen LogP contribution < -0.4 is 14.2 Å². The van der Waals surface area contributed by atoms with Crippen LogP contribution in [-0.2, 0) is 4.79 Å². The number of ether oxygens (including phenoxy) is 3. The molecule has 0 radical (unpaired) electrons. The monoisotopic (exact) mass is 444 g/mol. The van der Waals surface area contributed by atoms with E-state index in [0.717, 1.165) is 16.8 Å². The molecule has 1 N–H and O–H groups in total. The van der Waals surface area contributed by atoms with Gasteiger partial charge in [0.15, 0.2) is 18.1 Å². The highest BCUT2D eigenvalue weighted by molar-refractivity contribution is 5.71. The first-order chi connectivity index (χ1) is 15.2. The minimum absolute atomic E-state index is 0.0874. The van der Waals surface area contributed by atoms with E-state index in [1.54, 1.807) is 18.2 Å². The predicted molar refractivity (Wildman–Crippen MR) is 109 cm³/mol. The van der Waals surface area contributed by atoms with E-state index in [9.17, 15) is 25.0 Å². The standard InChI is InChI=1S/C19H16N4O9/c1-30-16-6-3-11(7-17(16)31-2)14-9-18(32-10-19(24)25)20-21(14)13-5-4-12(22(26)27)8-15(13)23(28)29/h3-9H,10H2,1-2H3,(H,24,25). The summed E-state index contributed by atoms with van der Waals surface area (Å²) in [6.45, 7) is -0.690. The first-order valence-corrected chi connectivity index (χ1v) is 8.85. The molecule has 3 rings (SSSR count). The number of carbonyl (C=O) groups is 1. The van der Waals surface area contributed by atoms with E-state index in [4.69, 9.17) is 19.3 Å². The molecule has 0 spiro atoms. The molecule has 0 atom stereocenters. The number of carboxylic acid groups (broad SMARTS) is 1. The highest BCUT2D eigenvalue weighted by Crippen LogP contribution is 2.37. The number of benzene rings is 2. The van der Waals surface area contributed by atoms with E-state index >= 15 is 0 Å². The van der Waals surface area contributed by atoms with Crippen molar-refractivity contribution in [2.75, 3.05) is 20.8 Å². The molecule has 1 aromatic heterocycles. The number of aromatic nitrogens is 2. The normalized spacial score (nSPS) is 10.4. The third kappa shape index (κ3) is 4.40. The third-order valence-corrected chi connectivity index (χ3v) is 4.30. The number of rotatable bonds is 9. The fourth-order valence-corrected chi connectivity index (χ4v) is 2.90. The average Bonchev–Trinajstić information content (AvgIpc) is 3.20. The molecule has 0 amide bonds. The van der Waals surface area contributed by atoms with Crippen LogP contribution >= 0.6 is 0 Å². The lowest BCUT2D eigenvalue weighted by Gasteiger charge is -2.11. The third-order valence-electron chi connectivity index (χ3n) is 4.30. The number of nitro groups is 2. The van der Waals surface area contributed by atoms with E-state index in [2.05, 4.69) is 5.10 Å². The summed E-state index contributed by atoms with van der Waals surface area (Å²) in [5, 5.41) is 35.7. The van der Waals surface area contributed by atoms with Crippen LogP contribution in [0, 0.1) is 20.2 Å². The van der Waals surface area contributed by atoms with E-state index in [1.165, 1.54) is 26.4 Å². The van der Waals surface area contributed by atoms with Gasteiger partial charge in [0.1, 0.15) is 5.69 Å². The molecule has 3 aromatic rings. The van der Waals surface area contributed by atoms with Crippen LogP contribution in [-0.4, -0.2) is 51.5 Å². The average molecular weight is 444 g/mol. The summed E-state index contributed by atoms with van der Waals surface area (Å²) in [6.07, 6.45) is 0. The molecule has 0 aliphatic heterocycles. The summed E-state index contributed by atoms with van der Waals surface area (Å²) in [7, 11) is 2.89. The Morgan fingerprint density at radius 2 is 1.75 bits per heavy atom. The zero-order chi connectivity index (χ0) is 23.4. The fraction of sp³-hybridized carbons (Fsp3) is 0.158. The van der Waals surface area contributed by atoms with Gasteiger partial charge in [-0.15, -0.1) is 5.10 Å². The zero-order valence-corrected chi connectivity index (χ0v) is 16.8. The number of hydrogen-bond acceptors (Lipinski definition) is 9. The smallest absolute Gasteiger partial charge is 0.341 e. The van der Waals surface area contributed by atoms with E-state index in [1.807, 2.05) is 0 Å². The lowest BCUT2D eigenvalue weighted by molar-refractivity contribution is -0.394. The highest BCUT2D eigenvalue weighted by atomic mass is 16.6. The van der Waals surface area contributed by atoms with Crippen LogP contribution in [0.15, 0.2) is 42.5 Å². The molecule has 2 aromatic carbocycles. The number of methoxy groups -OCH3 is 2. The second-order valence-corrected chi connectivity index (χ2v) is 6.22. The number of aliphatic carboxylic acids is 1. The Morgan fingerprint density at radius 1 is 1.03 bits per heavy atom. The molecular formula is C19H16N4O9. The molecule has 0 unspecified atom stereocenters. The lowest BCUT2D eigenvalue weighted by Crippen LogP contribution is -2.10. The van der Waals surface area contributed by atoms with Crippen LogP contribution in [0.3, 0.4) is 0 Å². The molecule has 0 saturated carbocycles. The maximum atomic E-state index is 11.6. The molecule has 0 bridgehead atoms. The zero-order valence-electron chi connectivity index (χ0n) is 16.8. The molecule has 0 fully saturated rings. The minimum atomic E-state index is -1.24. The van der Waals surface area contributed by atoms with Gasteiger partial charge in [-0.05, 0) is 24.3 Å². The highest BCUT2D eigenvalue weighted by Gasteiger charge is 2.25. The molecular weight excluding hydrogens is 428 g/mol. The van der Waals surface area contributed by atoms with Gasteiger partial charge < -0.3 is 19.3 Å². The lowest BCUT2D eigenvalue weighted by atomic mass is 10.1. The largest absolute Gasteiger partial charge is 0.493 e. The van der Waals surface area contributed by atoms with Gasteiger partial charge in [0.25, 0.3) is 5.69 Å². The number of non-ortho nitro benzene ring substituents is 1. The van der Waals surface area contributed by atoms with Gasteiger partial charge in [0.05, 0.1) is 35.8 Å². The van der Waals surface area contributed by atoms with Crippen LogP contribution in [0.1, 0.15) is 0 Å². The van der Waals surface area contributed by atoms with Crippen molar-refractivity contribution in [3.8, 4) is 34.3 Å². The van der Waals surface area contributed by atoms with Crippen molar-refractivity contribution >= 4 is 17.3 Å². The van der Waals surface area contributed by atoms with Crippen LogP contribution in [0.4, 0.5) is 11.4 Å². The van der Waals surface area contributed by atoms with Gasteiger partial charge in [-0.3, -0.25) is 20.2 Å². The van der Waals surface area contributed by atoms with Gasteiger partial charge >= 0.3 is 11.7 Å². The second kappa shape index (κ2) is 8.99. The van der Waals surface area contributed by atoms with Crippen molar-refractivity contribution in [2.45, 2.75) is 0 Å². The molecule has 32 heavy (non-hydrogen) atoms. The first kappa shape index (κ1) is 22.0. The number of hydrogen-bond donors (Lipinski definition) is 1. The second-order valence-electron chi connectivity index (χ2n) is 6.22. The summed E-state index contributed by atoms with van der Waals surface area (Å²) in [6, 6.07) is 9.29. The Morgan fingerprint density at radius 3 is 2.34 bits per heavy atom. The summed E-state index contributed by atoms with van der Waals surface area (Å²) < 4.78 is 16.8. The van der Waals surface area contributed by atoms with Gasteiger partial charge in [-0.1, -0.05) is 0 Å². The maximum Gasteiger partial charge on any atom is 0.341 e. The Balaban J connectivity index is 2.23. The quantitative estimate of drug-likeness (QED) is 0.382. The maximum absolute atomic E-state index is 11.6. The van der Waals surface area contributed by atoms with Crippen LogP contribution in [0.25, 0.3) is 16.9 Å². The Labute approximate surface area is 179 Å². The van der Waals surface area contributed by atoms with Crippen molar-refractivity contribution in [3.63, 3.8) is 0 Å². The molecule has 1 heterocycles.